The summed E-state index contributed by atoms with van der Waals surface area (Å²) in [5.41, 5.74) is 1.25. The molecule has 0 atom stereocenters. The first-order valence-electron chi connectivity index (χ1n) is 6.46. The summed E-state index contributed by atoms with van der Waals surface area (Å²) in [4.78, 5) is 16.0. The van der Waals surface area contributed by atoms with E-state index in [1.54, 1.807) is 30.5 Å². The molecule has 0 bridgehead atoms. The SMILES string of the molecule is CCCNc1ccc(C(=O)Nc2ccccc2F)nc1. The van der Waals surface area contributed by atoms with Crippen molar-refractivity contribution in [1.29, 1.82) is 0 Å². The molecule has 0 aliphatic carbocycles. The Bertz CT molecular complexity index is 584. The minimum Gasteiger partial charge on any atom is -0.384 e. The predicted molar refractivity (Wildman–Crippen MR) is 77.4 cm³/mol. The molecule has 0 aliphatic heterocycles. The Morgan fingerprint density at radius 2 is 2.05 bits per heavy atom. The van der Waals surface area contributed by atoms with Gasteiger partial charge in [0.05, 0.1) is 17.6 Å². The maximum Gasteiger partial charge on any atom is 0.274 e. The lowest BCUT2D eigenvalue weighted by atomic mass is 10.2. The first-order valence-corrected chi connectivity index (χ1v) is 6.46. The van der Waals surface area contributed by atoms with E-state index < -0.39 is 11.7 Å². The fourth-order valence-electron chi connectivity index (χ4n) is 1.65. The van der Waals surface area contributed by atoms with Crippen LogP contribution in [0.15, 0.2) is 42.6 Å². The third kappa shape index (κ3) is 3.54. The molecule has 1 heterocycles. The molecule has 4 nitrogen and oxygen atoms in total. The van der Waals surface area contributed by atoms with E-state index in [0.717, 1.165) is 18.7 Å². The second-order valence-corrected chi connectivity index (χ2v) is 4.29. The molecule has 0 saturated carbocycles. The Balaban J connectivity index is 2.04. The summed E-state index contributed by atoms with van der Waals surface area (Å²) in [5.74, 6) is -0.903. The largest absolute Gasteiger partial charge is 0.384 e. The van der Waals surface area contributed by atoms with Crippen LogP contribution in [0.2, 0.25) is 0 Å². The average Bonchev–Trinajstić information content (AvgIpc) is 2.48. The summed E-state index contributed by atoms with van der Waals surface area (Å²) in [5, 5.41) is 5.66. The van der Waals surface area contributed by atoms with E-state index in [-0.39, 0.29) is 11.4 Å². The summed E-state index contributed by atoms with van der Waals surface area (Å²) < 4.78 is 13.4. The summed E-state index contributed by atoms with van der Waals surface area (Å²) in [6, 6.07) is 9.40. The molecule has 1 amide bonds. The van der Waals surface area contributed by atoms with Crippen molar-refractivity contribution in [2.24, 2.45) is 0 Å². The van der Waals surface area contributed by atoms with Crippen LogP contribution in [-0.4, -0.2) is 17.4 Å². The summed E-state index contributed by atoms with van der Waals surface area (Å²) in [6.45, 7) is 2.92. The quantitative estimate of drug-likeness (QED) is 0.879. The number of rotatable bonds is 5. The van der Waals surface area contributed by atoms with E-state index in [0.29, 0.717) is 0 Å². The van der Waals surface area contributed by atoms with Crippen LogP contribution in [0.3, 0.4) is 0 Å². The summed E-state index contributed by atoms with van der Waals surface area (Å²) >= 11 is 0. The number of pyridine rings is 1. The number of para-hydroxylation sites is 1. The van der Waals surface area contributed by atoms with E-state index in [1.807, 2.05) is 0 Å². The Morgan fingerprint density at radius 3 is 2.70 bits per heavy atom. The fraction of sp³-hybridized carbons (Fsp3) is 0.200. The first kappa shape index (κ1) is 14.0. The number of nitrogens with zero attached hydrogens (tertiary/aromatic N) is 1. The Kier molecular flexibility index (Phi) is 4.65. The molecule has 2 rings (SSSR count). The highest BCUT2D eigenvalue weighted by Gasteiger charge is 2.09. The molecule has 0 spiro atoms. The number of amides is 1. The predicted octanol–water partition coefficient (Wildman–Crippen LogP) is 3.29. The maximum absolute atomic E-state index is 13.4. The van der Waals surface area contributed by atoms with Crippen molar-refractivity contribution in [1.82, 2.24) is 4.98 Å². The van der Waals surface area contributed by atoms with Gasteiger partial charge in [-0.2, -0.15) is 0 Å². The van der Waals surface area contributed by atoms with Crippen LogP contribution in [0.4, 0.5) is 15.8 Å². The van der Waals surface area contributed by atoms with Gasteiger partial charge in [0.25, 0.3) is 5.91 Å². The molecule has 1 aromatic carbocycles. The number of halogens is 1. The van der Waals surface area contributed by atoms with Gasteiger partial charge in [0.2, 0.25) is 0 Å². The summed E-state index contributed by atoms with van der Waals surface area (Å²) in [7, 11) is 0. The van der Waals surface area contributed by atoms with Crippen molar-refractivity contribution < 1.29 is 9.18 Å². The average molecular weight is 273 g/mol. The highest BCUT2D eigenvalue weighted by Crippen LogP contribution is 2.14. The Morgan fingerprint density at radius 1 is 1.25 bits per heavy atom. The molecular weight excluding hydrogens is 257 g/mol. The van der Waals surface area contributed by atoms with Crippen molar-refractivity contribution in [3.05, 3.63) is 54.1 Å². The molecule has 2 aromatic rings. The monoisotopic (exact) mass is 273 g/mol. The van der Waals surface area contributed by atoms with Crippen molar-refractivity contribution >= 4 is 17.3 Å². The smallest absolute Gasteiger partial charge is 0.274 e. The van der Waals surface area contributed by atoms with Crippen LogP contribution in [0.1, 0.15) is 23.8 Å². The van der Waals surface area contributed by atoms with Gasteiger partial charge < -0.3 is 10.6 Å². The Hall–Kier alpha value is -2.43. The number of anilines is 2. The van der Waals surface area contributed by atoms with Crippen LogP contribution < -0.4 is 10.6 Å². The van der Waals surface area contributed by atoms with Gasteiger partial charge in [-0.15, -0.1) is 0 Å². The number of hydrogen-bond donors (Lipinski definition) is 2. The minimum absolute atomic E-state index is 0.146. The van der Waals surface area contributed by atoms with Gasteiger partial charge in [0.15, 0.2) is 0 Å². The van der Waals surface area contributed by atoms with Crippen molar-refractivity contribution in [3.8, 4) is 0 Å². The molecule has 20 heavy (non-hydrogen) atoms. The molecule has 0 aliphatic rings. The topological polar surface area (TPSA) is 54.0 Å². The lowest BCUT2D eigenvalue weighted by Crippen LogP contribution is -2.14. The number of hydrogen-bond acceptors (Lipinski definition) is 3. The Labute approximate surface area is 117 Å². The molecule has 0 radical (unpaired) electrons. The van der Waals surface area contributed by atoms with E-state index >= 15 is 0 Å². The van der Waals surface area contributed by atoms with Gasteiger partial charge in [0, 0.05) is 6.54 Å². The molecule has 0 saturated heterocycles. The number of benzene rings is 1. The van der Waals surface area contributed by atoms with Crippen molar-refractivity contribution in [2.45, 2.75) is 13.3 Å². The normalized spacial score (nSPS) is 10.1. The maximum atomic E-state index is 13.4. The molecule has 5 heteroatoms. The molecule has 0 unspecified atom stereocenters. The zero-order chi connectivity index (χ0) is 14.4. The van der Waals surface area contributed by atoms with E-state index in [1.165, 1.54) is 12.1 Å². The zero-order valence-electron chi connectivity index (χ0n) is 11.2. The second-order valence-electron chi connectivity index (χ2n) is 4.29. The second kappa shape index (κ2) is 6.65. The van der Waals surface area contributed by atoms with Gasteiger partial charge in [-0.3, -0.25) is 4.79 Å². The first-order chi connectivity index (χ1) is 9.70. The lowest BCUT2D eigenvalue weighted by molar-refractivity contribution is 0.102. The van der Waals surface area contributed by atoms with E-state index in [4.69, 9.17) is 0 Å². The van der Waals surface area contributed by atoms with Gasteiger partial charge in [-0.25, -0.2) is 9.37 Å². The van der Waals surface area contributed by atoms with E-state index in [9.17, 15) is 9.18 Å². The van der Waals surface area contributed by atoms with Gasteiger partial charge in [0.1, 0.15) is 11.5 Å². The standard InChI is InChI=1S/C15H16FN3O/c1-2-9-17-11-7-8-14(18-10-11)15(20)19-13-6-4-3-5-12(13)16/h3-8,10,17H,2,9H2,1H3,(H,19,20). The van der Waals surface area contributed by atoms with Crippen LogP contribution >= 0.6 is 0 Å². The van der Waals surface area contributed by atoms with Gasteiger partial charge in [-0.05, 0) is 30.7 Å². The number of carbonyl (C=O) groups excluding carboxylic acids is 1. The highest BCUT2D eigenvalue weighted by atomic mass is 19.1. The lowest BCUT2D eigenvalue weighted by Gasteiger charge is -2.07. The molecule has 2 N–H and O–H groups in total. The third-order valence-electron chi connectivity index (χ3n) is 2.70. The van der Waals surface area contributed by atoms with E-state index in [2.05, 4.69) is 22.5 Å². The van der Waals surface area contributed by atoms with Crippen LogP contribution in [0.5, 0.6) is 0 Å². The number of carbonyl (C=O) groups is 1. The third-order valence-corrected chi connectivity index (χ3v) is 2.70. The van der Waals surface area contributed by atoms with Gasteiger partial charge >= 0.3 is 0 Å². The molecule has 1 aromatic heterocycles. The number of aromatic nitrogens is 1. The molecule has 104 valence electrons. The van der Waals surface area contributed by atoms with Crippen LogP contribution in [0, 0.1) is 5.82 Å². The highest BCUT2D eigenvalue weighted by molar-refractivity contribution is 6.03. The fourth-order valence-corrected chi connectivity index (χ4v) is 1.65. The van der Waals surface area contributed by atoms with Crippen LogP contribution in [-0.2, 0) is 0 Å². The van der Waals surface area contributed by atoms with Crippen LogP contribution in [0.25, 0.3) is 0 Å². The molecule has 0 fully saturated rings. The van der Waals surface area contributed by atoms with Crippen molar-refractivity contribution in [2.75, 3.05) is 17.2 Å². The summed E-state index contributed by atoms with van der Waals surface area (Å²) in [6.07, 6.45) is 2.60. The zero-order valence-corrected chi connectivity index (χ0v) is 11.2. The van der Waals surface area contributed by atoms with Gasteiger partial charge in [-0.1, -0.05) is 19.1 Å². The molecular formula is C15H16FN3O. The minimum atomic E-state index is -0.470. The number of nitrogens with one attached hydrogen (secondary N) is 2. The van der Waals surface area contributed by atoms with Crippen molar-refractivity contribution in [3.63, 3.8) is 0 Å².